The summed E-state index contributed by atoms with van der Waals surface area (Å²) in [4.78, 5) is 34.4. The van der Waals surface area contributed by atoms with E-state index >= 15 is 0 Å². The average molecular weight is 376 g/mol. The molecule has 1 amide bonds. The highest BCUT2D eigenvalue weighted by atomic mass is 16.1. The second-order valence-corrected chi connectivity index (χ2v) is 8.29. The highest BCUT2D eigenvalue weighted by molar-refractivity contribution is 5.98. The van der Waals surface area contributed by atoms with Gasteiger partial charge in [-0.1, -0.05) is 6.07 Å². The van der Waals surface area contributed by atoms with Crippen molar-refractivity contribution in [3.05, 3.63) is 70.0 Å². The lowest BCUT2D eigenvalue weighted by atomic mass is 9.44. The highest BCUT2D eigenvalue weighted by Crippen LogP contribution is 2.65. The van der Waals surface area contributed by atoms with Crippen LogP contribution in [0.5, 0.6) is 0 Å². The molecule has 3 saturated carbocycles. The standard InChI is InChI=1S/C22H22N4O2.H2/c1-14-17(20(27)24-12-16-4-2-3-6-23-16)8-18-19(25-14)5-7-26(21(18)28)13-22-9-15(10-22)11-22;/h2-8,15H,9-13H2,1H3,(H,24,27);1H. The van der Waals surface area contributed by atoms with Crippen LogP contribution in [0.3, 0.4) is 0 Å². The molecule has 2 bridgehead atoms. The van der Waals surface area contributed by atoms with Crippen molar-refractivity contribution in [3.63, 3.8) is 0 Å². The topological polar surface area (TPSA) is 76.9 Å². The molecule has 0 aliphatic heterocycles. The summed E-state index contributed by atoms with van der Waals surface area (Å²) in [5.74, 6) is 0.640. The molecule has 6 rings (SSSR count). The molecule has 3 aliphatic rings. The van der Waals surface area contributed by atoms with E-state index < -0.39 is 0 Å². The Balaban J connectivity index is 0.00000205. The van der Waals surface area contributed by atoms with E-state index in [2.05, 4.69) is 15.3 Å². The van der Waals surface area contributed by atoms with Crippen LogP contribution in [0, 0.1) is 18.3 Å². The van der Waals surface area contributed by atoms with Gasteiger partial charge in [-0.25, -0.2) is 0 Å². The van der Waals surface area contributed by atoms with Gasteiger partial charge in [-0.3, -0.25) is 19.6 Å². The minimum Gasteiger partial charge on any atom is -0.346 e. The maximum absolute atomic E-state index is 13.0. The molecule has 6 nitrogen and oxygen atoms in total. The van der Waals surface area contributed by atoms with Crippen LogP contribution in [0.4, 0.5) is 0 Å². The maximum Gasteiger partial charge on any atom is 0.260 e. The number of carbonyl (C=O) groups excluding carboxylic acids is 1. The van der Waals surface area contributed by atoms with Crippen LogP contribution >= 0.6 is 0 Å². The van der Waals surface area contributed by atoms with Crippen molar-refractivity contribution in [3.8, 4) is 0 Å². The Labute approximate surface area is 164 Å². The van der Waals surface area contributed by atoms with E-state index in [-0.39, 0.29) is 12.9 Å². The molecule has 0 saturated heterocycles. The molecule has 0 unspecified atom stereocenters. The highest BCUT2D eigenvalue weighted by Gasteiger charge is 2.56. The molecule has 3 aliphatic carbocycles. The second kappa shape index (κ2) is 6.26. The molecular weight excluding hydrogens is 352 g/mol. The summed E-state index contributed by atoms with van der Waals surface area (Å²) in [6.45, 7) is 2.90. The van der Waals surface area contributed by atoms with Crippen molar-refractivity contribution in [1.29, 1.82) is 0 Å². The van der Waals surface area contributed by atoms with Gasteiger partial charge >= 0.3 is 0 Å². The van der Waals surface area contributed by atoms with E-state index in [4.69, 9.17) is 0 Å². The Hall–Kier alpha value is -3.02. The Morgan fingerprint density at radius 2 is 2.14 bits per heavy atom. The number of hydrogen-bond acceptors (Lipinski definition) is 4. The number of aryl methyl sites for hydroxylation is 1. The Bertz CT molecular complexity index is 1130. The molecule has 0 atom stereocenters. The van der Waals surface area contributed by atoms with Crippen LogP contribution in [0.1, 0.15) is 42.4 Å². The van der Waals surface area contributed by atoms with Gasteiger partial charge in [0.25, 0.3) is 11.5 Å². The predicted molar refractivity (Wildman–Crippen MR) is 108 cm³/mol. The van der Waals surface area contributed by atoms with Gasteiger partial charge in [0.05, 0.1) is 34.4 Å². The molecule has 1 N–H and O–H groups in total. The SMILES string of the molecule is Cc1nc2ccn(CC34CC(C3)C4)c(=O)c2cc1C(=O)NCc1ccccn1.[HH]. The molecule has 3 fully saturated rings. The third-order valence-electron chi connectivity index (χ3n) is 6.22. The van der Waals surface area contributed by atoms with Gasteiger partial charge < -0.3 is 9.88 Å². The summed E-state index contributed by atoms with van der Waals surface area (Å²) in [5, 5.41) is 3.37. The summed E-state index contributed by atoms with van der Waals surface area (Å²) in [7, 11) is 0. The quantitative estimate of drug-likeness (QED) is 0.742. The largest absolute Gasteiger partial charge is 0.346 e. The van der Waals surface area contributed by atoms with E-state index in [1.807, 2.05) is 30.5 Å². The first-order valence-electron chi connectivity index (χ1n) is 9.72. The van der Waals surface area contributed by atoms with Crippen molar-refractivity contribution in [1.82, 2.24) is 19.9 Å². The van der Waals surface area contributed by atoms with Crippen LogP contribution in [-0.4, -0.2) is 20.4 Å². The summed E-state index contributed by atoms with van der Waals surface area (Å²) in [6.07, 6.45) is 7.26. The third-order valence-corrected chi connectivity index (χ3v) is 6.22. The third kappa shape index (κ3) is 2.80. The summed E-state index contributed by atoms with van der Waals surface area (Å²) in [6, 6.07) is 9.14. The van der Waals surface area contributed by atoms with Gasteiger partial charge in [-0.15, -0.1) is 0 Å². The number of nitrogens with one attached hydrogen (secondary N) is 1. The van der Waals surface area contributed by atoms with E-state index in [1.165, 1.54) is 19.3 Å². The van der Waals surface area contributed by atoms with Crippen LogP contribution < -0.4 is 10.9 Å². The lowest BCUT2D eigenvalue weighted by Crippen LogP contribution is -2.54. The normalized spacial score (nSPS) is 22.4. The summed E-state index contributed by atoms with van der Waals surface area (Å²) in [5.41, 5.74) is 2.74. The number of amides is 1. The van der Waals surface area contributed by atoms with Crippen molar-refractivity contribution in [2.45, 2.75) is 39.3 Å². The number of pyridine rings is 3. The van der Waals surface area contributed by atoms with Crippen molar-refractivity contribution < 1.29 is 6.22 Å². The lowest BCUT2D eigenvalue weighted by Gasteiger charge is -2.62. The molecule has 3 aromatic heterocycles. The van der Waals surface area contributed by atoms with Crippen LogP contribution in [0.2, 0.25) is 0 Å². The molecular formula is C22H24N4O2. The number of aromatic nitrogens is 3. The zero-order chi connectivity index (χ0) is 19.3. The first-order valence-corrected chi connectivity index (χ1v) is 9.72. The minimum absolute atomic E-state index is 0. The first-order chi connectivity index (χ1) is 13.5. The zero-order valence-corrected chi connectivity index (χ0v) is 15.8. The fraction of sp³-hybridized carbons (Fsp3) is 0.364. The summed E-state index contributed by atoms with van der Waals surface area (Å²) >= 11 is 0. The lowest BCUT2D eigenvalue weighted by molar-refractivity contribution is -0.118. The minimum atomic E-state index is -0.244. The van der Waals surface area contributed by atoms with Crippen molar-refractivity contribution in [2.75, 3.05) is 0 Å². The molecule has 28 heavy (non-hydrogen) atoms. The van der Waals surface area contributed by atoms with Crippen LogP contribution in [0.15, 0.2) is 47.5 Å². The zero-order valence-electron chi connectivity index (χ0n) is 15.8. The van der Waals surface area contributed by atoms with E-state index in [9.17, 15) is 9.59 Å². The molecule has 3 aromatic rings. The molecule has 3 heterocycles. The number of hydrogen-bond donors (Lipinski definition) is 1. The fourth-order valence-electron chi connectivity index (χ4n) is 4.64. The van der Waals surface area contributed by atoms with E-state index in [1.54, 1.807) is 23.8 Å². The van der Waals surface area contributed by atoms with Gasteiger partial charge in [-0.05, 0) is 61.8 Å². The molecule has 0 spiro atoms. The second-order valence-electron chi connectivity index (χ2n) is 8.29. The smallest absolute Gasteiger partial charge is 0.260 e. The van der Waals surface area contributed by atoms with Crippen molar-refractivity contribution >= 4 is 16.8 Å². The van der Waals surface area contributed by atoms with Crippen molar-refractivity contribution in [2.24, 2.45) is 11.3 Å². The maximum atomic E-state index is 13.0. The average Bonchev–Trinajstić information content (AvgIpc) is 2.63. The van der Waals surface area contributed by atoms with Gasteiger partial charge in [0, 0.05) is 20.4 Å². The van der Waals surface area contributed by atoms with E-state index in [0.29, 0.717) is 34.1 Å². The van der Waals surface area contributed by atoms with Gasteiger partial charge in [0.2, 0.25) is 0 Å². The Kier molecular flexibility index (Phi) is 3.82. The fourth-order valence-corrected chi connectivity index (χ4v) is 4.64. The molecule has 0 aromatic carbocycles. The van der Waals surface area contributed by atoms with Gasteiger partial charge in [-0.2, -0.15) is 0 Å². The summed E-state index contributed by atoms with van der Waals surface area (Å²) < 4.78 is 1.80. The number of nitrogens with zero attached hydrogens (tertiary/aromatic N) is 3. The van der Waals surface area contributed by atoms with E-state index in [0.717, 1.165) is 18.2 Å². The van der Waals surface area contributed by atoms with Gasteiger partial charge in [0.15, 0.2) is 0 Å². The number of fused-ring (bicyclic) bond motifs is 1. The van der Waals surface area contributed by atoms with Crippen LogP contribution in [0.25, 0.3) is 10.9 Å². The monoisotopic (exact) mass is 376 g/mol. The molecule has 144 valence electrons. The number of carbonyl (C=O) groups is 1. The predicted octanol–water partition coefficient (Wildman–Crippen LogP) is 3.08. The Morgan fingerprint density at radius 1 is 1.32 bits per heavy atom. The van der Waals surface area contributed by atoms with Gasteiger partial charge in [0.1, 0.15) is 0 Å². The van der Waals surface area contributed by atoms with Crippen LogP contribution in [-0.2, 0) is 13.1 Å². The first kappa shape index (κ1) is 17.1. The number of rotatable bonds is 5. The molecule has 6 heteroatoms. The molecule has 0 radical (unpaired) electrons. The Morgan fingerprint density at radius 3 is 2.82 bits per heavy atom.